The average Bonchev–Trinajstić information content (AvgIpc) is 2.15. The second kappa shape index (κ2) is 3.91. The van der Waals surface area contributed by atoms with Crippen LogP contribution < -0.4 is 5.26 Å². The lowest BCUT2D eigenvalue weighted by Gasteiger charge is -2.56. The molecule has 0 N–H and O–H groups in total. The third-order valence-corrected chi connectivity index (χ3v) is 5.49. The van der Waals surface area contributed by atoms with Gasteiger partial charge in [-0.05, 0) is 61.7 Å². The van der Waals surface area contributed by atoms with E-state index in [4.69, 9.17) is 0 Å². The smallest absolute Gasteiger partial charge is 0.0311 e. The first-order valence-corrected chi connectivity index (χ1v) is 6.79. The molecule has 4 aliphatic rings. The van der Waals surface area contributed by atoms with E-state index in [1.807, 2.05) is 0 Å². The lowest BCUT2D eigenvalue weighted by molar-refractivity contribution is -0.777. The van der Waals surface area contributed by atoms with Crippen LogP contribution >= 0.6 is 12.0 Å². The molecule has 0 radical (unpaired) electrons. The predicted molar refractivity (Wildman–Crippen MR) is 55.2 cm³/mol. The molecular weight excluding hydrogens is 212 g/mol. The van der Waals surface area contributed by atoms with Crippen LogP contribution in [0.3, 0.4) is 0 Å². The van der Waals surface area contributed by atoms with Crippen molar-refractivity contribution >= 4 is 12.0 Å². The molecule has 0 aromatic rings. The minimum absolute atomic E-state index is 0.470. The largest absolute Gasteiger partial charge is 0.691 e. The third kappa shape index (κ3) is 1.93. The van der Waals surface area contributed by atoms with Crippen molar-refractivity contribution in [2.45, 2.75) is 38.5 Å². The molecule has 4 fully saturated rings. The molecule has 0 aliphatic heterocycles. The molecule has 0 saturated heterocycles. The fraction of sp³-hybridized carbons (Fsp3) is 1.00. The monoisotopic (exact) mass is 229 g/mol. The summed E-state index contributed by atoms with van der Waals surface area (Å²) in [6.45, 7) is 0. The van der Waals surface area contributed by atoms with Crippen molar-refractivity contribution in [3.8, 4) is 0 Å². The summed E-state index contributed by atoms with van der Waals surface area (Å²) in [7, 11) is 0. The Hall–Kier alpha value is 0.230. The third-order valence-electron chi connectivity index (χ3n) is 4.61. The van der Waals surface area contributed by atoms with Gasteiger partial charge in [-0.25, -0.2) is 0 Å². The molecular formula is C11H17O3S-. The summed E-state index contributed by atoms with van der Waals surface area (Å²) in [6, 6.07) is 0. The van der Waals surface area contributed by atoms with Crippen LogP contribution in [0.2, 0.25) is 0 Å². The van der Waals surface area contributed by atoms with Crippen molar-refractivity contribution in [2.75, 3.05) is 5.75 Å². The lowest BCUT2D eigenvalue weighted by atomic mass is 9.50. The summed E-state index contributed by atoms with van der Waals surface area (Å²) in [5, 5.41) is 13.2. The molecule has 4 rings (SSSR count). The highest BCUT2D eigenvalue weighted by atomic mass is 32.2. The topological polar surface area (TPSA) is 41.5 Å². The Morgan fingerprint density at radius 3 is 2.07 bits per heavy atom. The lowest BCUT2D eigenvalue weighted by Crippen LogP contribution is -2.47. The van der Waals surface area contributed by atoms with Gasteiger partial charge in [0.1, 0.15) is 0 Å². The molecule has 86 valence electrons. The minimum atomic E-state index is 0.470. The molecule has 0 heterocycles. The van der Waals surface area contributed by atoms with E-state index in [-0.39, 0.29) is 0 Å². The van der Waals surface area contributed by atoms with Crippen molar-refractivity contribution in [1.29, 1.82) is 0 Å². The Morgan fingerprint density at radius 1 is 1.07 bits per heavy atom. The van der Waals surface area contributed by atoms with Gasteiger partial charge in [0.2, 0.25) is 0 Å². The Morgan fingerprint density at radius 2 is 1.60 bits per heavy atom. The summed E-state index contributed by atoms with van der Waals surface area (Å²) in [6.07, 6.45) is 8.45. The van der Waals surface area contributed by atoms with Crippen molar-refractivity contribution in [3.63, 3.8) is 0 Å². The molecule has 4 aliphatic carbocycles. The quantitative estimate of drug-likeness (QED) is 0.320. The van der Waals surface area contributed by atoms with Crippen LogP contribution in [-0.2, 0) is 9.37 Å². The first kappa shape index (κ1) is 10.4. The predicted octanol–water partition coefficient (Wildman–Crippen LogP) is 2.07. The number of hydrogen-bond acceptors (Lipinski definition) is 4. The zero-order valence-corrected chi connectivity index (χ0v) is 9.63. The van der Waals surface area contributed by atoms with Crippen LogP contribution in [0.1, 0.15) is 38.5 Å². The highest BCUT2D eigenvalue weighted by molar-refractivity contribution is 7.94. The first-order valence-electron chi connectivity index (χ1n) is 5.88. The van der Waals surface area contributed by atoms with Crippen LogP contribution in [0.15, 0.2) is 0 Å². The molecule has 15 heavy (non-hydrogen) atoms. The maximum absolute atomic E-state index is 9.77. The van der Waals surface area contributed by atoms with Crippen LogP contribution in [0.25, 0.3) is 0 Å². The van der Waals surface area contributed by atoms with Gasteiger partial charge < -0.3 is 5.26 Å². The Balaban J connectivity index is 1.65. The van der Waals surface area contributed by atoms with Gasteiger partial charge >= 0.3 is 0 Å². The van der Waals surface area contributed by atoms with Crippen molar-refractivity contribution in [1.82, 2.24) is 0 Å². The maximum Gasteiger partial charge on any atom is 0.0311 e. The van der Waals surface area contributed by atoms with E-state index in [1.165, 1.54) is 50.6 Å². The Kier molecular flexibility index (Phi) is 2.71. The second-order valence-electron chi connectivity index (χ2n) is 5.82. The molecule has 3 nitrogen and oxygen atoms in total. The maximum atomic E-state index is 9.77. The zero-order valence-electron chi connectivity index (χ0n) is 8.81. The summed E-state index contributed by atoms with van der Waals surface area (Å²) >= 11 is 1.21. The van der Waals surface area contributed by atoms with Gasteiger partial charge in [0, 0.05) is 17.8 Å². The minimum Gasteiger partial charge on any atom is -0.691 e. The van der Waals surface area contributed by atoms with Gasteiger partial charge in [0.05, 0.1) is 0 Å². The summed E-state index contributed by atoms with van der Waals surface area (Å²) in [4.78, 5) is 0. The molecule has 0 atom stereocenters. The molecule has 4 heteroatoms. The Bertz CT molecular complexity index is 209. The molecule has 0 unspecified atom stereocenters. The Labute approximate surface area is 94.6 Å². The summed E-state index contributed by atoms with van der Waals surface area (Å²) in [5.74, 6) is 3.83. The second-order valence-corrected chi connectivity index (χ2v) is 6.48. The van der Waals surface area contributed by atoms with E-state index in [1.54, 1.807) is 0 Å². The van der Waals surface area contributed by atoms with E-state index >= 15 is 0 Å². The molecule has 0 amide bonds. The molecule has 0 aromatic heterocycles. The number of hydrogen-bond donors (Lipinski definition) is 0. The van der Waals surface area contributed by atoms with Crippen LogP contribution in [0.4, 0.5) is 0 Å². The van der Waals surface area contributed by atoms with E-state index < -0.39 is 0 Å². The van der Waals surface area contributed by atoms with Crippen molar-refractivity contribution in [2.24, 2.45) is 23.2 Å². The van der Waals surface area contributed by atoms with Crippen molar-refractivity contribution < 1.29 is 14.6 Å². The molecule has 0 spiro atoms. The van der Waals surface area contributed by atoms with Gasteiger partial charge in [-0.15, -0.1) is 0 Å². The van der Waals surface area contributed by atoms with Gasteiger partial charge in [-0.3, -0.25) is 5.04 Å². The number of rotatable bonds is 4. The van der Waals surface area contributed by atoms with Gasteiger partial charge in [0.25, 0.3) is 0 Å². The standard InChI is InChI=1S/C11H18O3S/c12-13-14-15-7-11-4-8-1-9(5-11)3-10(2-8)6-11/h8-10,12H,1-7H2/p-1. The first-order chi connectivity index (χ1) is 7.30. The van der Waals surface area contributed by atoms with Gasteiger partial charge in [0.15, 0.2) is 0 Å². The van der Waals surface area contributed by atoms with Crippen LogP contribution in [0.5, 0.6) is 0 Å². The highest BCUT2D eigenvalue weighted by Crippen LogP contribution is 2.60. The zero-order chi connectivity index (χ0) is 10.3. The summed E-state index contributed by atoms with van der Waals surface area (Å²) < 4.78 is 4.43. The van der Waals surface area contributed by atoms with Gasteiger partial charge in [-0.1, -0.05) is 0 Å². The molecule has 0 aromatic carbocycles. The molecule has 4 bridgehead atoms. The molecule has 4 saturated carbocycles. The van der Waals surface area contributed by atoms with Crippen molar-refractivity contribution in [3.05, 3.63) is 0 Å². The normalized spacial score (nSPS) is 47.4. The summed E-state index contributed by atoms with van der Waals surface area (Å²) in [5.41, 5.74) is 0.470. The van der Waals surface area contributed by atoms with E-state index in [9.17, 15) is 5.26 Å². The van der Waals surface area contributed by atoms with E-state index in [0.717, 1.165) is 23.5 Å². The van der Waals surface area contributed by atoms with Crippen LogP contribution in [0, 0.1) is 23.2 Å². The highest BCUT2D eigenvalue weighted by Gasteiger charge is 2.50. The fourth-order valence-corrected chi connectivity index (χ4v) is 5.33. The van der Waals surface area contributed by atoms with E-state index in [2.05, 4.69) is 9.37 Å². The van der Waals surface area contributed by atoms with Crippen LogP contribution in [-0.4, -0.2) is 5.75 Å². The van der Waals surface area contributed by atoms with Gasteiger partial charge in [-0.2, -0.15) is 4.33 Å². The fourth-order valence-electron chi connectivity index (χ4n) is 4.64. The SMILES string of the molecule is [O-]OOSCC12CC3CC(CC(C3)C1)C2. The van der Waals surface area contributed by atoms with E-state index in [0.29, 0.717) is 5.41 Å². The average molecular weight is 229 g/mol.